The Hall–Kier alpha value is -3.76. The molecular weight excluding hydrogens is 408 g/mol. The fraction of sp³-hybridized carbons (Fsp3) is 0.158. The summed E-state index contributed by atoms with van der Waals surface area (Å²) in [6.45, 7) is 0.869. The molecule has 0 aliphatic heterocycles. The van der Waals surface area contributed by atoms with Crippen molar-refractivity contribution in [1.29, 1.82) is 0 Å². The number of pyridine rings is 1. The van der Waals surface area contributed by atoms with Gasteiger partial charge in [0.25, 0.3) is 5.91 Å². The molecule has 0 saturated carbocycles. The highest BCUT2D eigenvalue weighted by atomic mass is 19.4. The molecular formula is C19H14F4N4O3. The van der Waals surface area contributed by atoms with Crippen molar-refractivity contribution in [2.45, 2.75) is 13.1 Å². The Labute approximate surface area is 167 Å². The number of halogens is 4. The normalized spacial score (nSPS) is 11.2. The molecule has 1 N–H and O–H groups in total. The second-order valence-electron chi connectivity index (χ2n) is 6.09. The second-order valence-corrected chi connectivity index (χ2v) is 6.09. The first-order valence-electron chi connectivity index (χ1n) is 8.46. The second kappa shape index (κ2) is 8.31. The van der Waals surface area contributed by atoms with Gasteiger partial charge in [0.05, 0.1) is 17.5 Å². The zero-order valence-electron chi connectivity index (χ0n) is 15.4. The molecule has 2 aromatic heterocycles. The van der Waals surface area contributed by atoms with E-state index in [-0.39, 0.29) is 22.8 Å². The van der Waals surface area contributed by atoms with Crippen LogP contribution in [-0.4, -0.2) is 33.2 Å². The van der Waals surface area contributed by atoms with E-state index in [9.17, 15) is 27.2 Å². The van der Waals surface area contributed by atoms with Crippen LogP contribution in [0.4, 0.5) is 23.2 Å². The first-order valence-corrected chi connectivity index (χ1v) is 8.46. The summed E-state index contributed by atoms with van der Waals surface area (Å²) in [5.41, 5.74) is -0.443. The lowest BCUT2D eigenvalue weighted by atomic mass is 10.2. The number of rotatable bonds is 5. The van der Waals surface area contributed by atoms with E-state index < -0.39 is 36.0 Å². The van der Waals surface area contributed by atoms with Crippen LogP contribution in [0.3, 0.4) is 0 Å². The number of nitrogens with zero attached hydrogens (tertiary/aromatic N) is 3. The van der Waals surface area contributed by atoms with Gasteiger partial charge in [-0.3, -0.25) is 4.79 Å². The van der Waals surface area contributed by atoms with E-state index in [1.807, 2.05) is 0 Å². The van der Waals surface area contributed by atoms with Crippen LogP contribution in [0.5, 0.6) is 0 Å². The lowest BCUT2D eigenvalue weighted by Crippen LogP contribution is -2.21. The summed E-state index contributed by atoms with van der Waals surface area (Å²) in [5, 5.41) is 6.31. The van der Waals surface area contributed by atoms with E-state index >= 15 is 0 Å². The molecule has 0 bridgehead atoms. The predicted octanol–water partition coefficient (Wildman–Crippen LogP) is 3.53. The minimum atomic E-state index is -4.52. The fourth-order valence-corrected chi connectivity index (χ4v) is 2.49. The molecule has 0 aliphatic carbocycles. The van der Waals surface area contributed by atoms with Gasteiger partial charge in [-0.2, -0.15) is 18.3 Å². The van der Waals surface area contributed by atoms with Gasteiger partial charge in [-0.05, 0) is 37.3 Å². The number of hydrogen-bond donors (Lipinski definition) is 1. The van der Waals surface area contributed by atoms with Crippen LogP contribution < -0.4 is 5.32 Å². The van der Waals surface area contributed by atoms with Crippen LogP contribution in [0.2, 0.25) is 0 Å². The van der Waals surface area contributed by atoms with Gasteiger partial charge in [0.15, 0.2) is 12.4 Å². The molecule has 3 rings (SSSR count). The number of nitrogens with one attached hydrogen (secondary N) is 1. The van der Waals surface area contributed by atoms with Gasteiger partial charge in [0.1, 0.15) is 11.4 Å². The summed E-state index contributed by atoms with van der Waals surface area (Å²) in [5.74, 6) is -2.00. The van der Waals surface area contributed by atoms with Gasteiger partial charge in [-0.1, -0.05) is 6.07 Å². The average Bonchev–Trinajstić information content (AvgIpc) is 3.07. The van der Waals surface area contributed by atoms with Crippen molar-refractivity contribution >= 4 is 17.6 Å². The van der Waals surface area contributed by atoms with E-state index in [2.05, 4.69) is 15.4 Å². The summed E-state index contributed by atoms with van der Waals surface area (Å²) in [6.07, 6.45) is -2.71. The number of alkyl halides is 3. The lowest BCUT2D eigenvalue weighted by molar-refractivity contribution is -0.137. The number of benzene rings is 1. The van der Waals surface area contributed by atoms with Crippen molar-refractivity contribution in [1.82, 2.24) is 14.8 Å². The molecule has 0 saturated heterocycles. The van der Waals surface area contributed by atoms with Gasteiger partial charge in [0.2, 0.25) is 0 Å². The Morgan fingerprint density at radius 3 is 2.57 bits per heavy atom. The van der Waals surface area contributed by atoms with Crippen molar-refractivity contribution in [3.8, 4) is 5.82 Å². The number of anilines is 1. The van der Waals surface area contributed by atoms with Gasteiger partial charge < -0.3 is 10.1 Å². The van der Waals surface area contributed by atoms with Gasteiger partial charge in [-0.15, -0.1) is 0 Å². The van der Waals surface area contributed by atoms with Gasteiger partial charge >= 0.3 is 12.1 Å². The highest BCUT2D eigenvalue weighted by Crippen LogP contribution is 2.28. The number of carbonyl (C=O) groups excluding carboxylic acids is 2. The first-order chi connectivity index (χ1) is 14.1. The van der Waals surface area contributed by atoms with Crippen LogP contribution in [0, 0.1) is 12.7 Å². The van der Waals surface area contributed by atoms with E-state index in [0.717, 1.165) is 24.4 Å². The highest BCUT2D eigenvalue weighted by molar-refractivity contribution is 5.95. The molecule has 0 aliphatic rings. The molecule has 1 aromatic carbocycles. The van der Waals surface area contributed by atoms with Crippen molar-refractivity contribution in [3.05, 3.63) is 71.4 Å². The SMILES string of the molecule is Cc1c(C(=O)OCC(=O)Nc2cccc(F)c2)cnn1-c1ccc(C(F)(F)F)cn1. The zero-order valence-corrected chi connectivity index (χ0v) is 15.4. The first kappa shape index (κ1) is 21.0. The number of ether oxygens (including phenoxy) is 1. The highest BCUT2D eigenvalue weighted by Gasteiger charge is 2.31. The molecule has 0 fully saturated rings. The summed E-state index contributed by atoms with van der Waals surface area (Å²) >= 11 is 0. The minimum Gasteiger partial charge on any atom is -0.452 e. The van der Waals surface area contributed by atoms with E-state index in [1.165, 1.54) is 29.8 Å². The quantitative estimate of drug-likeness (QED) is 0.502. The number of aromatic nitrogens is 3. The molecule has 0 unspecified atom stereocenters. The molecule has 7 nitrogen and oxygen atoms in total. The monoisotopic (exact) mass is 422 g/mol. The molecule has 0 atom stereocenters. The largest absolute Gasteiger partial charge is 0.452 e. The predicted molar refractivity (Wildman–Crippen MR) is 96.4 cm³/mol. The minimum absolute atomic E-state index is 0.00949. The van der Waals surface area contributed by atoms with E-state index in [0.29, 0.717) is 6.20 Å². The van der Waals surface area contributed by atoms with Crippen LogP contribution in [0.25, 0.3) is 5.82 Å². The summed E-state index contributed by atoms with van der Waals surface area (Å²) in [4.78, 5) is 27.8. The third-order valence-corrected chi connectivity index (χ3v) is 3.96. The topological polar surface area (TPSA) is 86.1 Å². The summed E-state index contributed by atoms with van der Waals surface area (Å²) in [7, 11) is 0. The standard InChI is InChI=1S/C19H14F4N4O3/c1-11-15(9-25-27(11)16-6-5-12(8-24-16)19(21,22)23)18(29)30-10-17(28)26-14-4-2-3-13(20)7-14/h2-9H,10H2,1H3,(H,26,28). The molecule has 1 amide bonds. The summed E-state index contributed by atoms with van der Waals surface area (Å²) in [6, 6.07) is 7.15. The maximum atomic E-state index is 13.1. The number of amides is 1. The van der Waals surface area contributed by atoms with Crippen LogP contribution in [-0.2, 0) is 15.7 Å². The number of hydrogen-bond acceptors (Lipinski definition) is 5. The molecule has 3 aromatic rings. The Morgan fingerprint density at radius 1 is 1.17 bits per heavy atom. The third-order valence-electron chi connectivity index (χ3n) is 3.96. The smallest absolute Gasteiger partial charge is 0.417 e. The number of esters is 1. The molecule has 2 heterocycles. The Kier molecular flexibility index (Phi) is 5.81. The Morgan fingerprint density at radius 2 is 1.93 bits per heavy atom. The number of carbonyl (C=O) groups is 2. The van der Waals surface area contributed by atoms with Crippen molar-refractivity contribution in [2.75, 3.05) is 11.9 Å². The van der Waals surface area contributed by atoms with E-state index in [4.69, 9.17) is 4.74 Å². The molecule has 0 radical (unpaired) electrons. The van der Waals surface area contributed by atoms with Crippen LogP contribution in [0.15, 0.2) is 48.8 Å². The average molecular weight is 422 g/mol. The molecule has 11 heteroatoms. The van der Waals surface area contributed by atoms with Gasteiger partial charge in [-0.25, -0.2) is 18.9 Å². The van der Waals surface area contributed by atoms with Crippen molar-refractivity contribution in [3.63, 3.8) is 0 Å². The van der Waals surface area contributed by atoms with Crippen molar-refractivity contribution in [2.24, 2.45) is 0 Å². The molecule has 0 spiro atoms. The van der Waals surface area contributed by atoms with E-state index in [1.54, 1.807) is 0 Å². The molecule has 30 heavy (non-hydrogen) atoms. The maximum Gasteiger partial charge on any atom is 0.417 e. The van der Waals surface area contributed by atoms with Crippen molar-refractivity contribution < 1.29 is 31.9 Å². The Balaban J connectivity index is 1.65. The third kappa shape index (κ3) is 4.80. The lowest BCUT2D eigenvalue weighted by Gasteiger charge is -2.08. The maximum absolute atomic E-state index is 13.1. The molecule has 156 valence electrons. The van der Waals surface area contributed by atoms with Gasteiger partial charge in [0, 0.05) is 11.9 Å². The summed E-state index contributed by atoms with van der Waals surface area (Å²) < 4.78 is 57.1. The van der Waals surface area contributed by atoms with Crippen LogP contribution >= 0.6 is 0 Å². The van der Waals surface area contributed by atoms with Crippen LogP contribution in [0.1, 0.15) is 21.6 Å². The Bertz CT molecular complexity index is 1080. The fourth-order valence-electron chi connectivity index (χ4n) is 2.49. The zero-order chi connectivity index (χ0) is 21.9.